The molecule has 1 atom stereocenters. The van der Waals surface area contributed by atoms with Crippen molar-refractivity contribution < 1.29 is 19.1 Å². The molecule has 7 heteroatoms. The molecule has 2 N–H and O–H groups in total. The van der Waals surface area contributed by atoms with Gasteiger partial charge in [0, 0.05) is 23.2 Å². The number of amides is 2. The zero-order valence-electron chi connectivity index (χ0n) is 18.2. The lowest BCUT2D eigenvalue weighted by atomic mass is 9.86. The van der Waals surface area contributed by atoms with Crippen LogP contribution in [0.3, 0.4) is 0 Å². The molecule has 2 aromatic rings. The first-order valence-corrected chi connectivity index (χ1v) is 11.2. The van der Waals surface area contributed by atoms with Crippen LogP contribution in [-0.2, 0) is 14.9 Å². The topological polar surface area (TPSA) is 76.7 Å². The average molecular weight is 489 g/mol. The van der Waals surface area contributed by atoms with Crippen molar-refractivity contribution in [1.29, 1.82) is 0 Å². The fraction of sp³-hybridized carbons (Fsp3) is 0.417. The maximum absolute atomic E-state index is 12.6. The summed E-state index contributed by atoms with van der Waals surface area (Å²) >= 11 is 3.49. The van der Waals surface area contributed by atoms with Crippen LogP contribution in [-0.4, -0.2) is 37.7 Å². The van der Waals surface area contributed by atoms with Gasteiger partial charge in [0.25, 0.3) is 11.8 Å². The predicted octanol–water partition coefficient (Wildman–Crippen LogP) is 4.67. The van der Waals surface area contributed by atoms with E-state index in [9.17, 15) is 9.59 Å². The molecule has 0 radical (unpaired) electrons. The summed E-state index contributed by atoms with van der Waals surface area (Å²) in [6, 6.07) is 12.7. The number of carbonyl (C=O) groups is 2. The third-order valence-electron chi connectivity index (χ3n) is 5.07. The van der Waals surface area contributed by atoms with Gasteiger partial charge in [-0.15, -0.1) is 0 Å². The predicted molar refractivity (Wildman–Crippen MR) is 125 cm³/mol. The number of hydrogen-bond acceptors (Lipinski definition) is 4. The van der Waals surface area contributed by atoms with E-state index in [-0.39, 0.29) is 29.9 Å². The highest BCUT2D eigenvalue weighted by Crippen LogP contribution is 2.33. The van der Waals surface area contributed by atoms with E-state index in [4.69, 9.17) is 9.47 Å². The van der Waals surface area contributed by atoms with Gasteiger partial charge in [-0.05, 0) is 48.6 Å². The van der Waals surface area contributed by atoms with E-state index in [1.807, 2.05) is 18.2 Å². The Hall–Kier alpha value is -2.38. The number of rotatable bonds is 7. The zero-order valence-corrected chi connectivity index (χ0v) is 19.8. The highest BCUT2D eigenvalue weighted by molar-refractivity contribution is 9.10. The Morgan fingerprint density at radius 2 is 1.97 bits per heavy atom. The Labute approximate surface area is 191 Å². The van der Waals surface area contributed by atoms with Crippen LogP contribution in [0, 0.1) is 0 Å². The molecule has 1 saturated heterocycles. The Morgan fingerprint density at radius 3 is 2.68 bits per heavy atom. The van der Waals surface area contributed by atoms with E-state index < -0.39 is 0 Å². The minimum absolute atomic E-state index is 0.0574. The van der Waals surface area contributed by atoms with Crippen molar-refractivity contribution in [3.05, 3.63) is 58.1 Å². The van der Waals surface area contributed by atoms with Gasteiger partial charge >= 0.3 is 0 Å². The molecule has 31 heavy (non-hydrogen) atoms. The second-order valence-corrected chi connectivity index (χ2v) is 9.53. The van der Waals surface area contributed by atoms with Gasteiger partial charge in [0.15, 0.2) is 6.61 Å². The van der Waals surface area contributed by atoms with Gasteiger partial charge in [0.05, 0.1) is 17.4 Å². The number of hydrogen-bond donors (Lipinski definition) is 2. The van der Waals surface area contributed by atoms with Crippen LogP contribution >= 0.6 is 15.9 Å². The van der Waals surface area contributed by atoms with Crippen LogP contribution in [0.15, 0.2) is 46.9 Å². The fourth-order valence-electron chi connectivity index (χ4n) is 3.44. The van der Waals surface area contributed by atoms with Crippen molar-refractivity contribution >= 4 is 33.4 Å². The number of benzene rings is 2. The van der Waals surface area contributed by atoms with Crippen molar-refractivity contribution in [1.82, 2.24) is 5.32 Å². The smallest absolute Gasteiger partial charge is 0.262 e. The lowest BCUT2D eigenvalue weighted by Gasteiger charge is -2.23. The summed E-state index contributed by atoms with van der Waals surface area (Å²) in [6.45, 7) is 7.32. The molecule has 0 saturated carbocycles. The molecule has 0 bridgehead atoms. The SMILES string of the molecule is CC(C)(C)c1cc(Br)ccc1OCC(=O)Nc1ccccc1C(=O)NCC1CCCO1. The monoisotopic (exact) mass is 488 g/mol. The molecule has 0 aliphatic carbocycles. The average Bonchev–Trinajstić information content (AvgIpc) is 3.24. The first kappa shape index (κ1) is 23.3. The minimum Gasteiger partial charge on any atom is -0.483 e. The molecule has 166 valence electrons. The van der Waals surface area contributed by atoms with Crippen molar-refractivity contribution in [2.45, 2.75) is 45.1 Å². The van der Waals surface area contributed by atoms with Crippen LogP contribution in [0.1, 0.15) is 49.5 Å². The van der Waals surface area contributed by atoms with Crippen LogP contribution in [0.25, 0.3) is 0 Å². The maximum Gasteiger partial charge on any atom is 0.262 e. The molecule has 3 rings (SSSR count). The second kappa shape index (κ2) is 10.3. The molecule has 6 nitrogen and oxygen atoms in total. The summed E-state index contributed by atoms with van der Waals surface area (Å²) in [7, 11) is 0. The fourth-order valence-corrected chi connectivity index (χ4v) is 3.80. The normalized spacial score (nSPS) is 16.1. The summed E-state index contributed by atoms with van der Waals surface area (Å²) in [5, 5.41) is 5.68. The minimum atomic E-state index is -0.331. The molecule has 2 amide bonds. The number of para-hydroxylation sites is 1. The molecule has 1 unspecified atom stereocenters. The number of halogens is 1. The van der Waals surface area contributed by atoms with Crippen molar-refractivity contribution in [3.8, 4) is 5.75 Å². The van der Waals surface area contributed by atoms with Gasteiger partial charge in [-0.1, -0.05) is 48.8 Å². The summed E-state index contributed by atoms with van der Waals surface area (Å²) in [5.74, 6) is 0.0887. The molecular weight excluding hydrogens is 460 g/mol. The molecule has 2 aromatic carbocycles. The van der Waals surface area contributed by atoms with Crippen LogP contribution in [0.4, 0.5) is 5.69 Å². The lowest BCUT2D eigenvalue weighted by molar-refractivity contribution is -0.118. The van der Waals surface area contributed by atoms with E-state index >= 15 is 0 Å². The van der Waals surface area contributed by atoms with Crippen molar-refractivity contribution in [2.75, 3.05) is 25.1 Å². The summed E-state index contributed by atoms with van der Waals surface area (Å²) in [6.07, 6.45) is 2.02. The van der Waals surface area contributed by atoms with Gasteiger partial charge in [-0.2, -0.15) is 0 Å². The van der Waals surface area contributed by atoms with Crippen molar-refractivity contribution in [2.24, 2.45) is 0 Å². The number of carbonyl (C=O) groups excluding carboxylic acids is 2. The molecule has 1 heterocycles. The number of ether oxygens (including phenoxy) is 2. The summed E-state index contributed by atoms with van der Waals surface area (Å²) in [5.41, 5.74) is 1.73. The molecular formula is C24H29BrN2O4. The largest absolute Gasteiger partial charge is 0.483 e. The quantitative estimate of drug-likeness (QED) is 0.593. The Kier molecular flexibility index (Phi) is 7.73. The molecule has 0 spiro atoms. The Balaban J connectivity index is 1.62. The summed E-state index contributed by atoms with van der Waals surface area (Å²) in [4.78, 5) is 25.2. The lowest BCUT2D eigenvalue weighted by Crippen LogP contribution is -2.32. The highest BCUT2D eigenvalue weighted by Gasteiger charge is 2.21. The Bertz CT molecular complexity index is 933. The van der Waals surface area contributed by atoms with Gasteiger partial charge in [0.1, 0.15) is 5.75 Å². The van der Waals surface area contributed by atoms with Crippen LogP contribution < -0.4 is 15.4 Å². The van der Waals surface area contributed by atoms with E-state index in [2.05, 4.69) is 47.3 Å². The number of anilines is 1. The van der Waals surface area contributed by atoms with Crippen LogP contribution in [0.2, 0.25) is 0 Å². The van der Waals surface area contributed by atoms with E-state index in [0.717, 1.165) is 29.5 Å². The van der Waals surface area contributed by atoms with Crippen LogP contribution in [0.5, 0.6) is 5.75 Å². The molecule has 1 aliphatic rings. The number of nitrogens with one attached hydrogen (secondary N) is 2. The van der Waals surface area contributed by atoms with E-state index in [0.29, 0.717) is 23.5 Å². The molecule has 1 aliphatic heterocycles. The Morgan fingerprint density at radius 1 is 1.19 bits per heavy atom. The highest BCUT2D eigenvalue weighted by atomic mass is 79.9. The first-order chi connectivity index (χ1) is 14.7. The van der Waals surface area contributed by atoms with Crippen molar-refractivity contribution in [3.63, 3.8) is 0 Å². The molecule has 1 fully saturated rings. The van der Waals surface area contributed by atoms with E-state index in [1.165, 1.54) is 0 Å². The standard InChI is InChI=1S/C24H29BrN2O4/c1-24(2,3)19-13-16(25)10-11-21(19)31-15-22(28)27-20-9-5-4-8-18(20)23(29)26-14-17-7-6-12-30-17/h4-5,8-11,13,17H,6-7,12,14-15H2,1-3H3,(H,26,29)(H,27,28). The maximum atomic E-state index is 12.6. The van der Waals surface area contributed by atoms with Gasteiger partial charge in [0.2, 0.25) is 0 Å². The first-order valence-electron chi connectivity index (χ1n) is 10.5. The van der Waals surface area contributed by atoms with Gasteiger partial charge in [-0.3, -0.25) is 9.59 Å². The third kappa shape index (κ3) is 6.55. The third-order valence-corrected chi connectivity index (χ3v) is 5.56. The van der Waals surface area contributed by atoms with E-state index in [1.54, 1.807) is 24.3 Å². The van der Waals surface area contributed by atoms with Gasteiger partial charge in [-0.25, -0.2) is 0 Å². The van der Waals surface area contributed by atoms with Gasteiger partial charge < -0.3 is 20.1 Å². The summed E-state index contributed by atoms with van der Waals surface area (Å²) < 4.78 is 12.3. The molecule has 0 aromatic heterocycles. The second-order valence-electron chi connectivity index (χ2n) is 8.62. The zero-order chi connectivity index (χ0) is 22.4.